The zero-order valence-electron chi connectivity index (χ0n) is 20.2. The Kier molecular flexibility index (Phi) is 8.36. The highest BCUT2D eigenvalue weighted by Gasteiger charge is 2.36. The summed E-state index contributed by atoms with van der Waals surface area (Å²) in [6, 6.07) is 31.6. The van der Waals surface area contributed by atoms with Crippen LogP contribution in [0.1, 0.15) is 27.5 Å². The van der Waals surface area contributed by atoms with Crippen LogP contribution in [0.5, 0.6) is 0 Å². The quantitative estimate of drug-likeness (QED) is 0.247. The maximum atomic E-state index is 14.8. The first kappa shape index (κ1) is 26.1. The third-order valence-electron chi connectivity index (χ3n) is 5.65. The number of carbonyl (C=O) groups excluding carboxylic acids is 2. The summed E-state index contributed by atoms with van der Waals surface area (Å²) in [4.78, 5) is 29.1. The first-order valence-corrected chi connectivity index (χ1v) is 12.6. The summed E-state index contributed by atoms with van der Waals surface area (Å²) in [5.74, 6) is -1.12. The van der Waals surface area contributed by atoms with Gasteiger partial charge < -0.3 is 5.32 Å². The molecule has 4 rings (SSSR count). The lowest BCUT2D eigenvalue weighted by atomic mass is 10.0. The molecule has 4 aromatic rings. The monoisotopic (exact) mass is 516 g/mol. The van der Waals surface area contributed by atoms with Crippen LogP contribution in [-0.2, 0) is 4.79 Å². The molecule has 37 heavy (non-hydrogen) atoms. The van der Waals surface area contributed by atoms with Crippen molar-refractivity contribution >= 4 is 29.3 Å². The highest BCUT2D eigenvalue weighted by atomic mass is 32.2. The minimum atomic E-state index is -3.25. The largest absolute Gasteiger partial charge is 0.347 e. The molecule has 0 aromatic heterocycles. The first-order chi connectivity index (χ1) is 17.8. The molecule has 1 atom stereocenters. The van der Waals surface area contributed by atoms with E-state index >= 15 is 0 Å². The second kappa shape index (κ2) is 11.8. The smallest absolute Gasteiger partial charge is 0.315 e. The standard InChI is InChI=1S/C30H26F2N2O2S/c1-22-17-19-23(20-18-22)27(28(35)33-21-30(31,32)37-26-15-9-4-10-16-26)34(25-13-7-3-8-14-25)29(36)24-11-5-2-6-12-24/h2-20,27H,21H2,1H3,(H,33,35). The summed E-state index contributed by atoms with van der Waals surface area (Å²) < 4.78 is 29.6. The van der Waals surface area contributed by atoms with Gasteiger partial charge in [0.15, 0.2) is 0 Å². The summed E-state index contributed by atoms with van der Waals surface area (Å²) >= 11 is 0.377. The maximum absolute atomic E-state index is 14.8. The van der Waals surface area contributed by atoms with Crippen LogP contribution in [0.15, 0.2) is 120 Å². The SMILES string of the molecule is Cc1ccc(C(C(=O)NCC(F)(F)Sc2ccccc2)N(C(=O)c2ccccc2)c2ccccc2)cc1. The van der Waals surface area contributed by atoms with Crippen molar-refractivity contribution in [1.82, 2.24) is 5.32 Å². The van der Waals surface area contributed by atoms with Crippen molar-refractivity contribution in [3.8, 4) is 0 Å². The van der Waals surface area contributed by atoms with Crippen molar-refractivity contribution in [3.05, 3.63) is 132 Å². The summed E-state index contributed by atoms with van der Waals surface area (Å²) in [5, 5.41) is -0.845. The number of halogens is 2. The number of hydrogen-bond acceptors (Lipinski definition) is 3. The van der Waals surface area contributed by atoms with Crippen molar-refractivity contribution in [1.29, 1.82) is 0 Å². The van der Waals surface area contributed by atoms with E-state index in [1.807, 2.05) is 19.1 Å². The Morgan fingerprint density at radius 2 is 1.35 bits per heavy atom. The van der Waals surface area contributed by atoms with Gasteiger partial charge in [0.25, 0.3) is 5.91 Å². The normalized spacial score (nSPS) is 12.0. The zero-order valence-corrected chi connectivity index (χ0v) is 21.0. The van der Waals surface area contributed by atoms with E-state index in [9.17, 15) is 18.4 Å². The van der Waals surface area contributed by atoms with Crippen molar-refractivity contribution < 1.29 is 18.4 Å². The molecule has 1 N–H and O–H groups in total. The highest BCUT2D eigenvalue weighted by molar-refractivity contribution is 8.00. The lowest BCUT2D eigenvalue weighted by molar-refractivity contribution is -0.123. The fourth-order valence-corrected chi connectivity index (χ4v) is 4.62. The predicted molar refractivity (Wildman–Crippen MR) is 144 cm³/mol. The van der Waals surface area contributed by atoms with Gasteiger partial charge in [-0.3, -0.25) is 14.5 Å². The van der Waals surface area contributed by atoms with Gasteiger partial charge in [0.2, 0.25) is 5.91 Å². The molecule has 4 aromatic carbocycles. The summed E-state index contributed by atoms with van der Waals surface area (Å²) in [6.07, 6.45) is 0. The molecule has 1 unspecified atom stereocenters. The van der Waals surface area contributed by atoms with Crippen molar-refractivity contribution in [2.45, 2.75) is 23.1 Å². The number of amides is 2. The molecule has 0 fully saturated rings. The third-order valence-corrected chi connectivity index (χ3v) is 6.60. The number of hydrogen-bond donors (Lipinski definition) is 1. The maximum Gasteiger partial charge on any atom is 0.315 e. The van der Waals surface area contributed by atoms with Gasteiger partial charge in [-0.15, -0.1) is 0 Å². The molecule has 0 saturated carbocycles. The number of thioether (sulfide) groups is 1. The molecule has 0 aliphatic carbocycles. The second-order valence-corrected chi connectivity index (χ2v) is 9.73. The summed E-state index contributed by atoms with van der Waals surface area (Å²) in [5.41, 5.74) is 2.33. The summed E-state index contributed by atoms with van der Waals surface area (Å²) in [7, 11) is 0. The molecular weight excluding hydrogens is 490 g/mol. The Hall–Kier alpha value is -3.97. The molecule has 0 aliphatic heterocycles. The minimum absolute atomic E-state index is 0.376. The molecule has 2 amide bonds. The molecule has 0 bridgehead atoms. The Balaban J connectivity index is 1.68. The topological polar surface area (TPSA) is 49.4 Å². The van der Waals surface area contributed by atoms with E-state index in [4.69, 9.17) is 0 Å². The average molecular weight is 517 g/mol. The number of alkyl halides is 2. The van der Waals surface area contributed by atoms with E-state index in [2.05, 4.69) is 5.32 Å². The van der Waals surface area contributed by atoms with Crippen LogP contribution in [-0.4, -0.2) is 23.6 Å². The molecule has 188 valence electrons. The Morgan fingerprint density at radius 1 is 0.811 bits per heavy atom. The van der Waals surface area contributed by atoms with Crippen LogP contribution in [0.2, 0.25) is 0 Å². The predicted octanol–water partition coefficient (Wildman–Crippen LogP) is 6.88. The van der Waals surface area contributed by atoms with Gasteiger partial charge in [-0.25, -0.2) is 0 Å². The third kappa shape index (κ3) is 6.83. The summed E-state index contributed by atoms with van der Waals surface area (Å²) in [6.45, 7) is 1.01. The van der Waals surface area contributed by atoms with E-state index < -0.39 is 29.7 Å². The van der Waals surface area contributed by atoms with Gasteiger partial charge >= 0.3 is 5.25 Å². The van der Waals surface area contributed by atoms with Gasteiger partial charge in [0.05, 0.1) is 6.54 Å². The van der Waals surface area contributed by atoms with Crippen LogP contribution < -0.4 is 10.2 Å². The molecule has 7 heteroatoms. The molecule has 4 nitrogen and oxygen atoms in total. The number of nitrogens with zero attached hydrogens (tertiary/aromatic N) is 1. The van der Waals surface area contributed by atoms with Gasteiger partial charge in [0.1, 0.15) is 6.04 Å². The van der Waals surface area contributed by atoms with Gasteiger partial charge in [0, 0.05) is 16.1 Å². The molecule has 0 radical (unpaired) electrons. The number of rotatable bonds is 9. The van der Waals surface area contributed by atoms with Crippen LogP contribution in [0.3, 0.4) is 0 Å². The van der Waals surface area contributed by atoms with Gasteiger partial charge in [-0.1, -0.05) is 96.2 Å². The van der Waals surface area contributed by atoms with Crippen LogP contribution >= 0.6 is 11.8 Å². The Morgan fingerprint density at radius 3 is 1.95 bits per heavy atom. The van der Waals surface area contributed by atoms with Crippen molar-refractivity contribution in [2.75, 3.05) is 11.4 Å². The van der Waals surface area contributed by atoms with Crippen LogP contribution in [0.4, 0.5) is 14.5 Å². The average Bonchev–Trinajstić information content (AvgIpc) is 2.92. The molecule has 0 heterocycles. The van der Waals surface area contributed by atoms with E-state index in [-0.39, 0.29) is 0 Å². The lowest BCUT2D eigenvalue weighted by Gasteiger charge is -2.32. The number of benzene rings is 4. The Labute approximate surface area is 219 Å². The lowest BCUT2D eigenvalue weighted by Crippen LogP contribution is -2.46. The fraction of sp³-hybridized carbons (Fsp3) is 0.133. The molecular formula is C30H26F2N2O2S. The minimum Gasteiger partial charge on any atom is -0.347 e. The number of nitrogens with one attached hydrogen (secondary N) is 1. The van der Waals surface area contributed by atoms with Gasteiger partial charge in [-0.05, 0) is 48.9 Å². The van der Waals surface area contributed by atoms with Gasteiger partial charge in [-0.2, -0.15) is 8.78 Å². The number of aryl methyl sites for hydroxylation is 1. The fourth-order valence-electron chi connectivity index (χ4n) is 3.84. The van der Waals surface area contributed by atoms with E-state index in [0.717, 1.165) is 5.56 Å². The van der Waals surface area contributed by atoms with E-state index in [1.54, 1.807) is 103 Å². The first-order valence-electron chi connectivity index (χ1n) is 11.7. The molecule has 0 spiro atoms. The van der Waals surface area contributed by atoms with Crippen molar-refractivity contribution in [2.24, 2.45) is 0 Å². The molecule has 0 saturated heterocycles. The zero-order chi connectivity index (χ0) is 26.3. The number of carbonyl (C=O) groups is 2. The van der Waals surface area contributed by atoms with Crippen LogP contribution in [0.25, 0.3) is 0 Å². The van der Waals surface area contributed by atoms with Crippen LogP contribution in [0, 0.1) is 6.92 Å². The van der Waals surface area contributed by atoms with E-state index in [1.165, 1.54) is 4.90 Å². The highest BCUT2D eigenvalue weighted by Crippen LogP contribution is 2.36. The number of anilines is 1. The number of para-hydroxylation sites is 1. The van der Waals surface area contributed by atoms with E-state index in [0.29, 0.717) is 33.5 Å². The second-order valence-electron chi connectivity index (χ2n) is 8.46. The van der Waals surface area contributed by atoms with Crippen molar-refractivity contribution in [3.63, 3.8) is 0 Å². The Bertz CT molecular complexity index is 1320. The molecule has 0 aliphatic rings.